The van der Waals surface area contributed by atoms with Crippen LogP contribution in [0.25, 0.3) is 22.4 Å². The molecule has 4 nitrogen and oxygen atoms in total. The Balaban J connectivity index is 2.33. The van der Waals surface area contributed by atoms with Gasteiger partial charge in [0.2, 0.25) is 0 Å². The summed E-state index contributed by atoms with van der Waals surface area (Å²) in [6.45, 7) is 6.20. The van der Waals surface area contributed by atoms with Gasteiger partial charge >= 0.3 is 0 Å². The maximum Gasteiger partial charge on any atom is 0.145 e. The number of phenols is 2. The molecule has 0 radical (unpaired) electrons. The number of rotatable bonds is 2. The number of nitrogens with zero attached hydrogens (tertiary/aromatic N) is 2. The molecule has 2 aromatic carbocycles. The first-order chi connectivity index (χ1) is 9.97. The van der Waals surface area contributed by atoms with Crippen molar-refractivity contribution in [1.29, 1.82) is 0 Å². The fourth-order valence-corrected chi connectivity index (χ4v) is 2.63. The summed E-state index contributed by atoms with van der Waals surface area (Å²) in [5, 5.41) is 19.6. The molecule has 0 bridgehead atoms. The second-order valence-corrected chi connectivity index (χ2v) is 5.59. The molecule has 0 saturated carbocycles. The van der Waals surface area contributed by atoms with E-state index in [0.29, 0.717) is 11.4 Å². The van der Waals surface area contributed by atoms with Crippen LogP contribution < -0.4 is 0 Å². The minimum Gasteiger partial charge on any atom is -0.508 e. The molecule has 3 rings (SSSR count). The topological polar surface area (TPSA) is 58.3 Å². The summed E-state index contributed by atoms with van der Waals surface area (Å²) in [5.41, 5.74) is 3.72. The average molecular weight is 282 g/mol. The summed E-state index contributed by atoms with van der Waals surface area (Å²) in [6.07, 6.45) is 0. The molecule has 0 spiro atoms. The van der Waals surface area contributed by atoms with Gasteiger partial charge in [0.15, 0.2) is 0 Å². The van der Waals surface area contributed by atoms with Gasteiger partial charge < -0.3 is 14.8 Å². The summed E-state index contributed by atoms with van der Waals surface area (Å²) < 4.78 is 2.10. The van der Waals surface area contributed by atoms with E-state index in [9.17, 15) is 10.2 Å². The second-order valence-electron chi connectivity index (χ2n) is 5.59. The van der Waals surface area contributed by atoms with Gasteiger partial charge in [0.05, 0.1) is 16.6 Å². The van der Waals surface area contributed by atoms with Crippen molar-refractivity contribution in [2.45, 2.75) is 26.8 Å². The standard InChI is InChI=1S/C17H18N2O2/c1-10(2)19-15-7-4-11(3)8-14(15)18-17(19)13-6-5-12(20)9-16(13)21/h4-10,20-21H,1-3H3. The lowest BCUT2D eigenvalue weighted by Gasteiger charge is -2.14. The molecule has 0 aliphatic heterocycles. The van der Waals surface area contributed by atoms with Crippen LogP contribution in [0.2, 0.25) is 0 Å². The number of phenolic OH excluding ortho intramolecular Hbond substituents is 2. The molecule has 0 amide bonds. The van der Waals surface area contributed by atoms with Crippen molar-refractivity contribution in [3.63, 3.8) is 0 Å². The summed E-state index contributed by atoms with van der Waals surface area (Å²) in [7, 11) is 0. The molecule has 3 aromatic rings. The van der Waals surface area contributed by atoms with Crippen molar-refractivity contribution < 1.29 is 10.2 Å². The minimum atomic E-state index is 0.0314. The van der Waals surface area contributed by atoms with Gasteiger partial charge in [-0.3, -0.25) is 0 Å². The third-order valence-electron chi connectivity index (χ3n) is 3.58. The van der Waals surface area contributed by atoms with Crippen LogP contribution in [0.15, 0.2) is 36.4 Å². The van der Waals surface area contributed by atoms with Crippen LogP contribution in [0.5, 0.6) is 11.5 Å². The molecule has 21 heavy (non-hydrogen) atoms. The lowest BCUT2D eigenvalue weighted by molar-refractivity contribution is 0.451. The Hall–Kier alpha value is -2.49. The predicted octanol–water partition coefficient (Wildman–Crippen LogP) is 4.00. The number of benzene rings is 2. The molecule has 1 heterocycles. The van der Waals surface area contributed by atoms with Crippen molar-refractivity contribution in [1.82, 2.24) is 9.55 Å². The Morgan fingerprint density at radius 2 is 1.81 bits per heavy atom. The fraction of sp³-hybridized carbons (Fsp3) is 0.235. The SMILES string of the molecule is Cc1ccc2c(c1)nc(-c1ccc(O)cc1O)n2C(C)C. The Labute approximate surface area is 123 Å². The number of hydrogen-bond acceptors (Lipinski definition) is 3. The second kappa shape index (κ2) is 4.81. The van der Waals surface area contributed by atoms with Gasteiger partial charge in [-0.05, 0) is 50.6 Å². The van der Waals surface area contributed by atoms with E-state index < -0.39 is 0 Å². The highest BCUT2D eigenvalue weighted by Crippen LogP contribution is 2.35. The third kappa shape index (κ3) is 2.23. The van der Waals surface area contributed by atoms with Crippen molar-refractivity contribution in [3.05, 3.63) is 42.0 Å². The summed E-state index contributed by atoms with van der Waals surface area (Å²) in [5.74, 6) is 0.784. The molecule has 0 aliphatic carbocycles. The fourth-order valence-electron chi connectivity index (χ4n) is 2.63. The van der Waals surface area contributed by atoms with Crippen LogP contribution in [0, 0.1) is 6.92 Å². The Kier molecular flexibility index (Phi) is 3.09. The van der Waals surface area contributed by atoms with Gasteiger partial charge in [0.1, 0.15) is 17.3 Å². The van der Waals surface area contributed by atoms with E-state index in [1.54, 1.807) is 12.1 Å². The Morgan fingerprint density at radius 3 is 2.48 bits per heavy atom. The van der Waals surface area contributed by atoms with E-state index in [1.165, 1.54) is 6.07 Å². The van der Waals surface area contributed by atoms with E-state index in [-0.39, 0.29) is 17.5 Å². The van der Waals surface area contributed by atoms with Crippen LogP contribution in [-0.2, 0) is 0 Å². The van der Waals surface area contributed by atoms with E-state index in [4.69, 9.17) is 0 Å². The van der Waals surface area contributed by atoms with E-state index in [2.05, 4.69) is 35.5 Å². The molecule has 108 valence electrons. The first-order valence-corrected chi connectivity index (χ1v) is 6.98. The Morgan fingerprint density at radius 1 is 1.05 bits per heavy atom. The lowest BCUT2D eigenvalue weighted by atomic mass is 10.1. The number of aromatic hydroxyl groups is 2. The van der Waals surface area contributed by atoms with Gasteiger partial charge in [-0.15, -0.1) is 0 Å². The summed E-state index contributed by atoms with van der Waals surface area (Å²) >= 11 is 0. The van der Waals surface area contributed by atoms with Gasteiger partial charge in [-0.1, -0.05) is 6.07 Å². The number of fused-ring (bicyclic) bond motifs is 1. The zero-order chi connectivity index (χ0) is 15.1. The number of aromatic nitrogens is 2. The third-order valence-corrected chi connectivity index (χ3v) is 3.58. The lowest BCUT2D eigenvalue weighted by Crippen LogP contribution is -2.03. The summed E-state index contributed by atoms with van der Waals surface area (Å²) in [4.78, 5) is 4.68. The van der Waals surface area contributed by atoms with Gasteiger partial charge in [-0.2, -0.15) is 0 Å². The van der Waals surface area contributed by atoms with Crippen LogP contribution >= 0.6 is 0 Å². The van der Waals surface area contributed by atoms with Crippen LogP contribution in [0.4, 0.5) is 0 Å². The zero-order valence-corrected chi connectivity index (χ0v) is 12.3. The number of imidazole rings is 1. The van der Waals surface area contributed by atoms with E-state index in [1.807, 2.05) is 13.0 Å². The van der Waals surface area contributed by atoms with E-state index >= 15 is 0 Å². The smallest absolute Gasteiger partial charge is 0.145 e. The normalized spacial score (nSPS) is 11.4. The molecule has 2 N–H and O–H groups in total. The molecule has 1 aromatic heterocycles. The molecule has 4 heteroatoms. The van der Waals surface area contributed by atoms with Crippen molar-refractivity contribution in [3.8, 4) is 22.9 Å². The number of aryl methyl sites for hydroxylation is 1. The van der Waals surface area contributed by atoms with Crippen molar-refractivity contribution >= 4 is 11.0 Å². The quantitative estimate of drug-likeness (QED) is 0.746. The van der Waals surface area contributed by atoms with Crippen molar-refractivity contribution in [2.75, 3.05) is 0 Å². The molecule has 0 unspecified atom stereocenters. The molecular formula is C17H18N2O2. The highest BCUT2D eigenvalue weighted by molar-refractivity contribution is 5.82. The predicted molar refractivity (Wildman–Crippen MR) is 83.6 cm³/mol. The van der Waals surface area contributed by atoms with Gasteiger partial charge in [-0.25, -0.2) is 4.98 Å². The highest BCUT2D eigenvalue weighted by atomic mass is 16.3. The minimum absolute atomic E-state index is 0.0314. The van der Waals surface area contributed by atoms with Crippen LogP contribution in [-0.4, -0.2) is 19.8 Å². The zero-order valence-electron chi connectivity index (χ0n) is 12.3. The molecule has 0 fully saturated rings. The maximum absolute atomic E-state index is 10.1. The largest absolute Gasteiger partial charge is 0.508 e. The monoisotopic (exact) mass is 282 g/mol. The first kappa shape index (κ1) is 13.5. The van der Waals surface area contributed by atoms with Gasteiger partial charge in [0.25, 0.3) is 0 Å². The highest BCUT2D eigenvalue weighted by Gasteiger charge is 2.17. The molecular weight excluding hydrogens is 264 g/mol. The maximum atomic E-state index is 10.1. The molecule has 0 atom stereocenters. The molecule has 0 saturated heterocycles. The Bertz CT molecular complexity index is 819. The first-order valence-electron chi connectivity index (χ1n) is 6.98. The molecule has 0 aliphatic rings. The van der Waals surface area contributed by atoms with Crippen LogP contribution in [0.1, 0.15) is 25.5 Å². The van der Waals surface area contributed by atoms with Crippen LogP contribution in [0.3, 0.4) is 0 Å². The average Bonchev–Trinajstić information content (AvgIpc) is 2.76. The summed E-state index contributed by atoms with van der Waals surface area (Å²) in [6, 6.07) is 10.9. The number of hydrogen-bond donors (Lipinski definition) is 2. The van der Waals surface area contributed by atoms with Gasteiger partial charge in [0, 0.05) is 12.1 Å². The van der Waals surface area contributed by atoms with E-state index in [0.717, 1.165) is 16.6 Å². The van der Waals surface area contributed by atoms with Crippen molar-refractivity contribution in [2.24, 2.45) is 0 Å².